The Hall–Kier alpha value is -0.740. The van der Waals surface area contributed by atoms with E-state index in [9.17, 15) is 4.79 Å². The van der Waals surface area contributed by atoms with Crippen LogP contribution in [0.5, 0.6) is 0 Å². The van der Waals surface area contributed by atoms with Crippen LogP contribution in [0.3, 0.4) is 0 Å². The molecule has 0 aromatic carbocycles. The highest BCUT2D eigenvalue weighted by Crippen LogP contribution is 2.43. The molecule has 3 N–H and O–H groups in total. The predicted octanol–water partition coefficient (Wildman–Crippen LogP) is 0.359. The normalized spacial score (nSPS) is 11.7. The van der Waals surface area contributed by atoms with Gasteiger partial charge in [0.25, 0.3) is 0 Å². The standard InChI is InChI=1S/C7H12O5P/c1-6(2)7(8)12-4-3-5-13(9,10)11/h3-4,9-11H,1,5H2,2H3/q+1. The van der Waals surface area contributed by atoms with Crippen LogP contribution in [-0.2, 0) is 9.53 Å². The number of rotatable bonds is 4. The first-order valence-corrected chi connectivity index (χ1v) is 5.24. The highest BCUT2D eigenvalue weighted by molar-refractivity contribution is 7.58. The van der Waals surface area contributed by atoms with E-state index < -0.39 is 13.9 Å². The van der Waals surface area contributed by atoms with Gasteiger partial charge in [0.05, 0.1) is 6.26 Å². The van der Waals surface area contributed by atoms with Crippen molar-refractivity contribution in [3.05, 3.63) is 24.5 Å². The van der Waals surface area contributed by atoms with Crippen LogP contribution >= 0.6 is 7.94 Å². The molecule has 0 amide bonds. The quantitative estimate of drug-likeness (QED) is 0.268. The highest BCUT2D eigenvalue weighted by Gasteiger charge is 2.26. The maximum atomic E-state index is 10.7. The lowest BCUT2D eigenvalue weighted by atomic mass is 10.4. The zero-order chi connectivity index (χ0) is 10.5. The van der Waals surface area contributed by atoms with Crippen LogP contribution in [0.1, 0.15) is 6.92 Å². The van der Waals surface area contributed by atoms with E-state index in [0.717, 1.165) is 12.3 Å². The second-order valence-corrected chi connectivity index (χ2v) is 4.18. The van der Waals surface area contributed by atoms with Gasteiger partial charge in [0.1, 0.15) is 0 Å². The Balaban J connectivity index is 3.77. The largest absolute Gasteiger partial charge is 0.431 e. The van der Waals surface area contributed by atoms with Crippen molar-refractivity contribution >= 4 is 13.9 Å². The summed E-state index contributed by atoms with van der Waals surface area (Å²) in [6.07, 6.45) is 1.79. The molecule has 0 bridgehead atoms. The van der Waals surface area contributed by atoms with Crippen molar-refractivity contribution in [2.75, 3.05) is 6.16 Å². The van der Waals surface area contributed by atoms with Crippen molar-refractivity contribution in [2.24, 2.45) is 0 Å². The van der Waals surface area contributed by atoms with Gasteiger partial charge in [-0.25, -0.2) is 4.79 Å². The Labute approximate surface area is 76.6 Å². The highest BCUT2D eigenvalue weighted by atomic mass is 31.2. The molecule has 5 nitrogen and oxygen atoms in total. The Morgan fingerprint density at radius 3 is 2.46 bits per heavy atom. The number of hydrogen-bond donors (Lipinski definition) is 3. The Morgan fingerprint density at radius 1 is 1.54 bits per heavy atom. The van der Waals surface area contributed by atoms with Crippen molar-refractivity contribution < 1.29 is 24.2 Å². The third-order valence-electron chi connectivity index (χ3n) is 0.970. The first-order valence-electron chi connectivity index (χ1n) is 3.41. The summed E-state index contributed by atoms with van der Waals surface area (Å²) < 4.78 is 4.46. The van der Waals surface area contributed by atoms with Gasteiger partial charge in [-0.2, -0.15) is 14.7 Å². The van der Waals surface area contributed by atoms with Crippen molar-refractivity contribution in [2.45, 2.75) is 6.92 Å². The summed E-state index contributed by atoms with van der Waals surface area (Å²) in [5.74, 6) is -0.603. The SMILES string of the molecule is C=C(C)C(=O)OC=CC[P+](O)(O)O. The molecule has 0 aliphatic carbocycles. The van der Waals surface area contributed by atoms with Gasteiger partial charge in [-0.3, -0.25) is 0 Å². The lowest BCUT2D eigenvalue weighted by Gasteiger charge is -1.99. The summed E-state index contributed by atoms with van der Waals surface area (Å²) in [6.45, 7) is 4.82. The van der Waals surface area contributed by atoms with Crippen molar-refractivity contribution in [3.63, 3.8) is 0 Å². The van der Waals surface area contributed by atoms with Gasteiger partial charge in [0.15, 0.2) is 6.16 Å². The summed E-state index contributed by atoms with van der Waals surface area (Å²) in [5, 5.41) is 0. The van der Waals surface area contributed by atoms with E-state index in [0.29, 0.717) is 0 Å². The molecule has 0 saturated carbocycles. The smallest absolute Gasteiger partial charge is 0.407 e. The molecular formula is C7H12O5P+. The van der Waals surface area contributed by atoms with E-state index in [1.54, 1.807) is 0 Å². The average molecular weight is 207 g/mol. The fourth-order valence-electron chi connectivity index (χ4n) is 0.395. The number of carbonyl (C=O) groups excluding carboxylic acids is 1. The van der Waals surface area contributed by atoms with Crippen LogP contribution < -0.4 is 0 Å². The average Bonchev–Trinajstić information content (AvgIpc) is 1.95. The molecule has 0 heterocycles. The molecule has 0 spiro atoms. The molecule has 0 unspecified atom stereocenters. The van der Waals surface area contributed by atoms with Crippen molar-refractivity contribution in [1.82, 2.24) is 0 Å². The third kappa shape index (κ3) is 7.62. The summed E-state index contributed by atoms with van der Waals surface area (Å²) in [5.41, 5.74) is 0.239. The van der Waals surface area contributed by atoms with E-state index in [1.165, 1.54) is 6.92 Å². The molecule has 0 aliphatic heterocycles. The van der Waals surface area contributed by atoms with Crippen molar-refractivity contribution in [1.29, 1.82) is 0 Å². The molecule has 0 aromatic rings. The van der Waals surface area contributed by atoms with Crippen LogP contribution in [0.4, 0.5) is 0 Å². The topological polar surface area (TPSA) is 87.0 Å². The number of hydrogen-bond acceptors (Lipinski definition) is 5. The monoisotopic (exact) mass is 207 g/mol. The maximum absolute atomic E-state index is 10.7. The Kier molecular flexibility index (Phi) is 4.80. The predicted molar refractivity (Wildman–Crippen MR) is 48.5 cm³/mol. The summed E-state index contributed by atoms with van der Waals surface area (Å²) in [6, 6.07) is 0. The lowest BCUT2D eigenvalue weighted by molar-refractivity contribution is -0.133. The van der Waals surface area contributed by atoms with Crippen molar-refractivity contribution in [3.8, 4) is 0 Å². The third-order valence-corrected chi connectivity index (χ3v) is 1.67. The van der Waals surface area contributed by atoms with Crippen LogP contribution in [0.2, 0.25) is 0 Å². The molecule has 13 heavy (non-hydrogen) atoms. The fourth-order valence-corrected chi connectivity index (χ4v) is 0.764. The molecule has 0 radical (unpaired) electrons. The van der Waals surface area contributed by atoms with Gasteiger partial charge < -0.3 is 4.74 Å². The zero-order valence-electron chi connectivity index (χ0n) is 7.17. The van der Waals surface area contributed by atoms with Crippen LogP contribution in [0.25, 0.3) is 0 Å². The number of esters is 1. The summed E-state index contributed by atoms with van der Waals surface area (Å²) >= 11 is 0. The maximum Gasteiger partial charge on any atom is 0.407 e. The van der Waals surface area contributed by atoms with E-state index in [1.807, 2.05) is 0 Å². The first-order chi connectivity index (χ1) is 5.83. The zero-order valence-corrected chi connectivity index (χ0v) is 8.07. The molecule has 0 fully saturated rings. The van der Waals surface area contributed by atoms with Crippen LogP contribution in [0.15, 0.2) is 24.5 Å². The second kappa shape index (κ2) is 5.09. The molecule has 74 valence electrons. The molecule has 0 atom stereocenters. The van der Waals surface area contributed by atoms with Gasteiger partial charge in [0, 0.05) is 5.57 Å². The summed E-state index contributed by atoms with van der Waals surface area (Å²) in [4.78, 5) is 36.2. The van der Waals surface area contributed by atoms with Gasteiger partial charge in [-0.15, -0.1) is 0 Å². The van der Waals surface area contributed by atoms with Gasteiger partial charge in [-0.1, -0.05) is 6.58 Å². The van der Waals surface area contributed by atoms with Crippen LogP contribution in [0, 0.1) is 0 Å². The molecular weight excluding hydrogens is 195 g/mol. The number of allylic oxidation sites excluding steroid dienone is 1. The molecule has 0 aliphatic rings. The van der Waals surface area contributed by atoms with E-state index in [4.69, 9.17) is 14.7 Å². The van der Waals surface area contributed by atoms with Crippen LogP contribution in [-0.4, -0.2) is 26.8 Å². The van der Waals surface area contributed by atoms with E-state index in [-0.39, 0.29) is 11.7 Å². The minimum Gasteiger partial charge on any atom is -0.431 e. The first kappa shape index (κ1) is 12.3. The minimum absolute atomic E-state index is 0.239. The van der Waals surface area contributed by atoms with E-state index >= 15 is 0 Å². The molecule has 6 heteroatoms. The molecule has 0 aromatic heterocycles. The van der Waals surface area contributed by atoms with E-state index in [2.05, 4.69) is 11.3 Å². The Bertz CT molecular complexity index is 228. The Morgan fingerprint density at radius 2 is 2.08 bits per heavy atom. The minimum atomic E-state index is -3.80. The summed E-state index contributed by atoms with van der Waals surface area (Å²) in [7, 11) is -3.80. The number of ether oxygens (including phenoxy) is 1. The van der Waals surface area contributed by atoms with Gasteiger partial charge in [0.2, 0.25) is 0 Å². The molecule has 0 saturated heterocycles. The second-order valence-electron chi connectivity index (χ2n) is 2.43. The van der Waals surface area contributed by atoms with Gasteiger partial charge >= 0.3 is 13.9 Å². The fraction of sp³-hybridized carbons (Fsp3) is 0.286. The lowest BCUT2D eigenvalue weighted by Crippen LogP contribution is -1.99. The molecule has 0 rings (SSSR count). The number of carbonyl (C=O) groups is 1. The van der Waals surface area contributed by atoms with Gasteiger partial charge in [-0.05, 0) is 13.0 Å².